The van der Waals surface area contributed by atoms with Gasteiger partial charge in [0.25, 0.3) is 5.91 Å². The van der Waals surface area contributed by atoms with Gasteiger partial charge in [-0.15, -0.1) is 0 Å². The Hall–Kier alpha value is -5.75. The number of hydrogen-bond acceptors (Lipinski definition) is 11. The number of carbonyl (C=O) groups is 7. The van der Waals surface area contributed by atoms with Crippen LogP contribution in [-0.2, 0) is 35.2 Å². The summed E-state index contributed by atoms with van der Waals surface area (Å²) in [5.74, 6) is -4.27. The van der Waals surface area contributed by atoms with E-state index in [0.29, 0.717) is 37.2 Å². The topological polar surface area (TPSA) is 256 Å². The molecule has 2 aromatic rings. The highest BCUT2D eigenvalue weighted by molar-refractivity contribution is 6.00. The third-order valence-corrected chi connectivity index (χ3v) is 12.3. The summed E-state index contributed by atoms with van der Waals surface area (Å²) in [5, 5.41) is 45.1. The zero-order chi connectivity index (χ0) is 47.0. The Balaban J connectivity index is 1.39. The van der Waals surface area contributed by atoms with Crippen molar-refractivity contribution in [2.75, 3.05) is 26.2 Å². The third kappa shape index (κ3) is 14.1. The van der Waals surface area contributed by atoms with Crippen LogP contribution < -0.4 is 31.3 Å². The van der Waals surface area contributed by atoms with E-state index in [1.807, 2.05) is 0 Å². The zero-order valence-electron chi connectivity index (χ0n) is 37.8. The number of phenolic OH excluding ortho intramolecular Hbond substituents is 1. The summed E-state index contributed by atoms with van der Waals surface area (Å²) in [6.45, 7) is 5.68. The summed E-state index contributed by atoms with van der Waals surface area (Å²) in [4.78, 5) is 100. The van der Waals surface area contributed by atoms with E-state index >= 15 is 0 Å². The van der Waals surface area contributed by atoms with Crippen molar-refractivity contribution >= 4 is 41.4 Å². The van der Waals surface area contributed by atoms with Crippen LogP contribution >= 0.6 is 0 Å². The van der Waals surface area contributed by atoms with Crippen molar-refractivity contribution in [2.24, 2.45) is 0 Å². The molecule has 2 aromatic carbocycles. The first kappa shape index (κ1) is 50.3. The maximum atomic E-state index is 14.2. The highest BCUT2D eigenvalue weighted by Gasteiger charge is 2.43. The molecule has 3 saturated heterocycles. The van der Waals surface area contributed by atoms with Crippen LogP contribution in [0, 0.1) is 0 Å². The van der Waals surface area contributed by atoms with Crippen LogP contribution in [0.5, 0.6) is 11.5 Å². The number of nitrogens with one attached hydrogen (secondary N) is 5. The standard InChI is InChI=1S/C47H67N7O11/c1-4-5-6-7-8-9-27-65-34-22-18-32(19-23-34)41(58)49-35-13-10-24-48-44(61)37-14-11-25-53(37)46(63)40(30(3)56)52-43(60)36(28-31-16-20-33(57)21-17-31)50-45(62)38-15-12-26-54(38)47(64)39(29(2)55)51-42(35)59/h16-23,29-30,35-40,55-57H,4-15,24-28H2,1-3H3,(H,48,61)(H,49,58)(H,50,62)(H,51,59)(H,52,60)/t29-,30-,35+,36+,37+,38+,39+,40+/m1/s1. The van der Waals surface area contributed by atoms with E-state index in [1.165, 1.54) is 55.0 Å². The molecule has 0 aliphatic carbocycles. The van der Waals surface area contributed by atoms with Crippen LogP contribution in [0.15, 0.2) is 48.5 Å². The molecule has 65 heavy (non-hydrogen) atoms. The number of aromatic hydroxyl groups is 1. The van der Waals surface area contributed by atoms with Gasteiger partial charge in [-0.2, -0.15) is 0 Å². The SMILES string of the molecule is CCCCCCCCOc1ccc(C(=O)N[C@H]2CCCNC(=O)[C@@H]3CCCN3C(=O)[C@H]([C@@H](C)O)NC(=O)[C@H](Cc3ccc(O)cc3)NC(=O)[C@@H]3CCCN3C(=O)[C@H]([C@@H](C)O)NC2=O)cc1. The molecule has 18 nitrogen and oxygen atoms in total. The molecule has 3 fully saturated rings. The smallest absolute Gasteiger partial charge is 0.251 e. The quantitative estimate of drug-likeness (QED) is 0.126. The van der Waals surface area contributed by atoms with Gasteiger partial charge in [-0.1, -0.05) is 51.2 Å². The molecule has 0 aromatic heterocycles. The third-order valence-electron chi connectivity index (χ3n) is 12.3. The Labute approximate surface area is 380 Å². The highest BCUT2D eigenvalue weighted by Crippen LogP contribution is 2.23. The van der Waals surface area contributed by atoms with E-state index in [4.69, 9.17) is 4.74 Å². The van der Waals surface area contributed by atoms with Crippen LogP contribution in [0.4, 0.5) is 0 Å². The Bertz CT molecular complexity index is 1940. The molecule has 8 atom stereocenters. The molecule has 7 amide bonds. The number of benzene rings is 2. The molecule has 0 unspecified atom stereocenters. The maximum Gasteiger partial charge on any atom is 0.251 e. The lowest BCUT2D eigenvalue weighted by molar-refractivity contribution is -0.145. The van der Waals surface area contributed by atoms with Gasteiger partial charge in [0.2, 0.25) is 35.4 Å². The molecule has 18 heteroatoms. The Morgan fingerprint density at radius 3 is 1.88 bits per heavy atom. The van der Waals surface area contributed by atoms with E-state index in [1.54, 1.807) is 36.4 Å². The van der Waals surface area contributed by atoms with E-state index in [2.05, 4.69) is 33.5 Å². The van der Waals surface area contributed by atoms with Crippen LogP contribution in [0.3, 0.4) is 0 Å². The second-order valence-electron chi connectivity index (χ2n) is 17.4. The number of aliphatic hydroxyl groups excluding tert-OH is 2. The minimum Gasteiger partial charge on any atom is -0.508 e. The number of fused-ring (bicyclic) bond motifs is 2. The lowest BCUT2D eigenvalue weighted by Crippen LogP contribution is -2.62. The van der Waals surface area contributed by atoms with E-state index < -0.39 is 89.8 Å². The van der Waals surface area contributed by atoms with Gasteiger partial charge < -0.3 is 56.4 Å². The number of unbranched alkanes of at least 4 members (excludes halogenated alkanes) is 5. The average Bonchev–Trinajstić information content (AvgIpc) is 3.99. The van der Waals surface area contributed by atoms with Crippen molar-refractivity contribution in [1.82, 2.24) is 36.4 Å². The van der Waals surface area contributed by atoms with Crippen molar-refractivity contribution in [1.29, 1.82) is 0 Å². The van der Waals surface area contributed by atoms with Crippen molar-refractivity contribution in [2.45, 2.75) is 153 Å². The summed E-state index contributed by atoms with van der Waals surface area (Å²) in [5.41, 5.74) is 0.778. The van der Waals surface area contributed by atoms with Crippen molar-refractivity contribution in [3.8, 4) is 11.5 Å². The minimum absolute atomic E-state index is 0.00136. The largest absolute Gasteiger partial charge is 0.508 e. The summed E-state index contributed by atoms with van der Waals surface area (Å²) >= 11 is 0. The number of ether oxygens (including phenoxy) is 1. The number of carbonyl (C=O) groups excluding carboxylic acids is 7. The highest BCUT2D eigenvalue weighted by atomic mass is 16.5. The number of amides is 7. The molecule has 0 bridgehead atoms. The molecule has 5 rings (SSSR count). The lowest BCUT2D eigenvalue weighted by Gasteiger charge is -2.32. The van der Waals surface area contributed by atoms with Crippen molar-refractivity contribution in [3.05, 3.63) is 59.7 Å². The number of phenols is 1. The first-order valence-electron chi connectivity index (χ1n) is 23.2. The van der Waals surface area contributed by atoms with Gasteiger partial charge >= 0.3 is 0 Å². The van der Waals surface area contributed by atoms with Gasteiger partial charge in [-0.3, -0.25) is 33.6 Å². The molecule has 0 radical (unpaired) electrons. The molecule has 0 spiro atoms. The van der Waals surface area contributed by atoms with Gasteiger partial charge in [0.05, 0.1) is 18.8 Å². The molecule has 0 saturated carbocycles. The number of rotatable bonds is 14. The fraction of sp³-hybridized carbons (Fsp3) is 0.596. The predicted octanol–water partition coefficient (Wildman–Crippen LogP) is 1.58. The molecule has 3 heterocycles. The fourth-order valence-corrected chi connectivity index (χ4v) is 8.51. The minimum atomic E-state index is -1.53. The number of hydrogen-bond donors (Lipinski definition) is 8. The lowest BCUT2D eigenvalue weighted by atomic mass is 10.0. The monoisotopic (exact) mass is 905 g/mol. The molecular formula is C47H67N7O11. The average molecular weight is 906 g/mol. The van der Waals surface area contributed by atoms with Gasteiger partial charge in [-0.25, -0.2) is 0 Å². The zero-order valence-corrected chi connectivity index (χ0v) is 37.8. The van der Waals surface area contributed by atoms with Gasteiger partial charge in [0.15, 0.2) is 0 Å². The summed E-state index contributed by atoms with van der Waals surface area (Å²) in [7, 11) is 0. The van der Waals surface area contributed by atoms with Crippen LogP contribution in [0.25, 0.3) is 0 Å². The van der Waals surface area contributed by atoms with Crippen molar-refractivity contribution in [3.63, 3.8) is 0 Å². The summed E-state index contributed by atoms with van der Waals surface area (Å²) < 4.78 is 5.86. The van der Waals surface area contributed by atoms with Crippen LogP contribution in [-0.4, -0.2) is 141 Å². The Morgan fingerprint density at radius 2 is 1.28 bits per heavy atom. The van der Waals surface area contributed by atoms with Crippen LogP contribution in [0.2, 0.25) is 0 Å². The Kier molecular flexibility index (Phi) is 19.0. The summed E-state index contributed by atoms with van der Waals surface area (Å²) in [6.07, 6.45) is 5.31. The first-order valence-corrected chi connectivity index (χ1v) is 23.2. The molecule has 8 N–H and O–H groups in total. The first-order chi connectivity index (χ1) is 31.2. The number of nitrogens with zero attached hydrogens (tertiary/aromatic N) is 2. The van der Waals surface area contributed by atoms with Crippen molar-refractivity contribution < 1.29 is 53.6 Å². The van der Waals surface area contributed by atoms with E-state index in [9.17, 15) is 48.9 Å². The molecular weight excluding hydrogens is 839 g/mol. The van der Waals surface area contributed by atoms with E-state index in [-0.39, 0.29) is 56.6 Å². The molecule has 3 aliphatic rings. The predicted molar refractivity (Wildman–Crippen MR) is 239 cm³/mol. The van der Waals surface area contributed by atoms with Gasteiger partial charge in [-0.05, 0) is 101 Å². The second-order valence-corrected chi connectivity index (χ2v) is 17.4. The number of aliphatic hydroxyl groups is 2. The maximum absolute atomic E-state index is 14.2. The molecule has 3 aliphatic heterocycles. The second kappa shape index (κ2) is 24.5. The summed E-state index contributed by atoms with van der Waals surface area (Å²) in [6, 6.07) is 4.79. The molecule has 356 valence electrons. The Morgan fingerprint density at radius 1 is 0.708 bits per heavy atom. The normalized spacial score (nSPS) is 24.9. The fourth-order valence-electron chi connectivity index (χ4n) is 8.51. The van der Waals surface area contributed by atoms with E-state index in [0.717, 1.165) is 19.3 Å². The van der Waals surface area contributed by atoms with Crippen LogP contribution in [0.1, 0.15) is 114 Å². The van der Waals surface area contributed by atoms with Gasteiger partial charge in [0.1, 0.15) is 47.8 Å². The van der Waals surface area contributed by atoms with Gasteiger partial charge in [0, 0.05) is 31.6 Å².